The Labute approximate surface area is 105 Å². The second kappa shape index (κ2) is 4.97. The molecule has 0 aromatic carbocycles. The van der Waals surface area contributed by atoms with Gasteiger partial charge in [0.15, 0.2) is 15.7 Å². The summed E-state index contributed by atoms with van der Waals surface area (Å²) < 4.78 is 27.6. The van der Waals surface area contributed by atoms with Crippen LogP contribution in [0.2, 0.25) is 0 Å². The molecular weight excluding hydrogens is 258 g/mol. The van der Waals surface area contributed by atoms with Crippen LogP contribution in [0.1, 0.15) is 6.42 Å². The van der Waals surface area contributed by atoms with E-state index in [4.69, 9.17) is 4.74 Å². The van der Waals surface area contributed by atoms with Crippen molar-refractivity contribution >= 4 is 15.7 Å². The molecule has 1 aliphatic rings. The van der Waals surface area contributed by atoms with Gasteiger partial charge < -0.3 is 15.0 Å². The molecule has 1 saturated heterocycles. The van der Waals surface area contributed by atoms with Gasteiger partial charge in [0.1, 0.15) is 0 Å². The van der Waals surface area contributed by atoms with E-state index in [0.717, 1.165) is 0 Å². The third-order valence-corrected chi connectivity index (χ3v) is 4.74. The lowest BCUT2D eigenvalue weighted by Gasteiger charge is -2.11. The molecule has 1 aromatic heterocycles. The van der Waals surface area contributed by atoms with Crippen LogP contribution in [0.5, 0.6) is 5.75 Å². The molecule has 1 unspecified atom stereocenters. The van der Waals surface area contributed by atoms with Crippen LogP contribution in [0.3, 0.4) is 0 Å². The molecule has 100 valence electrons. The Morgan fingerprint density at radius 2 is 2.39 bits per heavy atom. The van der Waals surface area contributed by atoms with Gasteiger partial charge in [0.2, 0.25) is 5.75 Å². The lowest BCUT2D eigenvalue weighted by molar-refractivity contribution is 0.407. The van der Waals surface area contributed by atoms with Crippen molar-refractivity contribution < 1.29 is 13.2 Å². The van der Waals surface area contributed by atoms with Gasteiger partial charge in [-0.2, -0.15) is 0 Å². The smallest absolute Gasteiger partial charge is 0.295 e. The molecule has 1 aliphatic heterocycles. The number of nitrogens with one attached hydrogen (secondary N) is 2. The summed E-state index contributed by atoms with van der Waals surface area (Å²) in [7, 11) is -1.50. The summed E-state index contributed by atoms with van der Waals surface area (Å²) in [5.41, 5.74) is -0.367. The number of H-pyrrole nitrogens is 1. The fourth-order valence-electron chi connectivity index (χ4n) is 1.98. The van der Waals surface area contributed by atoms with Crippen LogP contribution in [0.25, 0.3) is 0 Å². The standard InChI is InChI=1S/C10H15N3O4S/c1-17-8-9(12-6-13-10(8)14)11-4-7-2-3-18(15,16)5-7/h6-7H,2-5H2,1H3,(H2,11,12,13,14). The monoisotopic (exact) mass is 273 g/mol. The molecule has 0 aliphatic carbocycles. The first-order valence-electron chi connectivity index (χ1n) is 5.58. The van der Waals surface area contributed by atoms with Gasteiger partial charge in [-0.1, -0.05) is 0 Å². The van der Waals surface area contributed by atoms with Crippen molar-refractivity contribution in [2.75, 3.05) is 30.5 Å². The van der Waals surface area contributed by atoms with Crippen molar-refractivity contribution in [2.45, 2.75) is 6.42 Å². The predicted molar refractivity (Wildman–Crippen MR) is 66.7 cm³/mol. The average molecular weight is 273 g/mol. The van der Waals surface area contributed by atoms with E-state index in [9.17, 15) is 13.2 Å². The highest BCUT2D eigenvalue weighted by molar-refractivity contribution is 7.91. The Kier molecular flexibility index (Phi) is 3.55. The predicted octanol–water partition coefficient (Wildman–Crippen LogP) is -0.375. The Morgan fingerprint density at radius 1 is 1.61 bits per heavy atom. The number of sulfone groups is 1. The Hall–Kier alpha value is -1.57. The van der Waals surface area contributed by atoms with E-state index < -0.39 is 9.84 Å². The number of rotatable bonds is 4. The Bertz CT molecular complexity index is 581. The number of anilines is 1. The zero-order valence-corrected chi connectivity index (χ0v) is 10.8. The molecule has 0 spiro atoms. The first-order chi connectivity index (χ1) is 8.52. The summed E-state index contributed by atoms with van der Waals surface area (Å²) in [5.74, 6) is 0.926. The first kappa shape index (κ1) is 12.9. The summed E-state index contributed by atoms with van der Waals surface area (Å²) in [5, 5.41) is 2.96. The number of ether oxygens (including phenoxy) is 1. The maximum Gasteiger partial charge on any atom is 0.295 e. The lowest BCUT2D eigenvalue weighted by Crippen LogP contribution is -2.19. The SMILES string of the molecule is COc1c(NCC2CCS(=O)(=O)C2)nc[nH]c1=O. The fourth-order valence-corrected chi connectivity index (χ4v) is 3.84. The van der Waals surface area contributed by atoms with E-state index in [2.05, 4.69) is 15.3 Å². The van der Waals surface area contributed by atoms with Gasteiger partial charge in [0.05, 0.1) is 24.9 Å². The van der Waals surface area contributed by atoms with Crippen LogP contribution >= 0.6 is 0 Å². The fraction of sp³-hybridized carbons (Fsp3) is 0.600. The zero-order valence-electron chi connectivity index (χ0n) is 9.97. The molecular formula is C10H15N3O4S. The number of nitrogens with zero attached hydrogens (tertiary/aromatic N) is 1. The molecule has 1 aromatic rings. The molecule has 0 radical (unpaired) electrons. The molecule has 1 atom stereocenters. The highest BCUT2D eigenvalue weighted by Gasteiger charge is 2.27. The number of aromatic nitrogens is 2. The van der Waals surface area contributed by atoms with E-state index in [1.165, 1.54) is 13.4 Å². The van der Waals surface area contributed by atoms with Gasteiger partial charge in [0.25, 0.3) is 5.56 Å². The Balaban J connectivity index is 2.03. The van der Waals surface area contributed by atoms with E-state index in [0.29, 0.717) is 18.8 Å². The molecule has 7 nitrogen and oxygen atoms in total. The Morgan fingerprint density at radius 3 is 3.00 bits per heavy atom. The normalized spacial score (nSPS) is 21.7. The van der Waals surface area contributed by atoms with E-state index >= 15 is 0 Å². The molecule has 0 bridgehead atoms. The van der Waals surface area contributed by atoms with Gasteiger partial charge in [-0.15, -0.1) is 0 Å². The summed E-state index contributed by atoms with van der Waals surface area (Å²) >= 11 is 0. The van der Waals surface area contributed by atoms with Gasteiger partial charge in [-0.25, -0.2) is 13.4 Å². The van der Waals surface area contributed by atoms with Crippen LogP contribution in [0.15, 0.2) is 11.1 Å². The van der Waals surface area contributed by atoms with Crippen LogP contribution < -0.4 is 15.6 Å². The highest BCUT2D eigenvalue weighted by atomic mass is 32.2. The summed E-state index contributed by atoms with van der Waals surface area (Å²) in [4.78, 5) is 17.8. The van der Waals surface area contributed by atoms with Gasteiger partial charge in [-0.05, 0) is 12.3 Å². The van der Waals surface area contributed by atoms with Crippen LogP contribution in [-0.4, -0.2) is 43.5 Å². The second-order valence-corrected chi connectivity index (χ2v) is 6.49. The summed E-state index contributed by atoms with van der Waals surface area (Å²) in [6, 6.07) is 0. The van der Waals surface area contributed by atoms with Crippen LogP contribution in [0.4, 0.5) is 5.82 Å². The highest BCUT2D eigenvalue weighted by Crippen LogP contribution is 2.20. The van der Waals surface area contributed by atoms with E-state index in [1.54, 1.807) is 0 Å². The third kappa shape index (κ3) is 2.81. The van der Waals surface area contributed by atoms with Crippen molar-refractivity contribution in [1.82, 2.24) is 9.97 Å². The van der Waals surface area contributed by atoms with Crippen molar-refractivity contribution in [3.8, 4) is 5.75 Å². The minimum Gasteiger partial charge on any atom is -0.489 e. The van der Waals surface area contributed by atoms with Crippen molar-refractivity contribution in [3.63, 3.8) is 0 Å². The minimum atomic E-state index is -2.88. The maximum atomic E-state index is 11.4. The molecule has 0 amide bonds. The molecule has 2 N–H and O–H groups in total. The average Bonchev–Trinajstić information content (AvgIpc) is 2.66. The lowest BCUT2D eigenvalue weighted by atomic mass is 10.1. The number of hydrogen-bond donors (Lipinski definition) is 2. The quantitative estimate of drug-likeness (QED) is 0.776. The summed E-state index contributed by atoms with van der Waals surface area (Å²) in [6.07, 6.45) is 1.92. The number of methoxy groups -OCH3 is 1. The molecule has 2 rings (SSSR count). The third-order valence-electron chi connectivity index (χ3n) is 2.90. The van der Waals surface area contributed by atoms with Gasteiger partial charge in [-0.3, -0.25) is 4.79 Å². The van der Waals surface area contributed by atoms with Crippen molar-refractivity contribution in [2.24, 2.45) is 5.92 Å². The molecule has 18 heavy (non-hydrogen) atoms. The van der Waals surface area contributed by atoms with E-state index in [1.807, 2.05) is 0 Å². The second-order valence-electron chi connectivity index (χ2n) is 4.26. The molecule has 1 fully saturated rings. The minimum absolute atomic E-state index is 0.0563. The zero-order chi connectivity index (χ0) is 13.2. The van der Waals surface area contributed by atoms with E-state index in [-0.39, 0.29) is 28.7 Å². The number of aromatic amines is 1. The van der Waals surface area contributed by atoms with Crippen molar-refractivity contribution in [3.05, 3.63) is 16.7 Å². The topological polar surface area (TPSA) is 101 Å². The summed E-state index contributed by atoms with van der Waals surface area (Å²) in [6.45, 7) is 0.464. The molecule has 2 heterocycles. The molecule has 8 heteroatoms. The van der Waals surface area contributed by atoms with Crippen LogP contribution in [0, 0.1) is 5.92 Å². The van der Waals surface area contributed by atoms with Crippen LogP contribution in [-0.2, 0) is 9.84 Å². The largest absolute Gasteiger partial charge is 0.489 e. The van der Waals surface area contributed by atoms with Gasteiger partial charge >= 0.3 is 0 Å². The maximum absolute atomic E-state index is 11.4. The first-order valence-corrected chi connectivity index (χ1v) is 7.40. The molecule has 0 saturated carbocycles. The van der Waals surface area contributed by atoms with Crippen molar-refractivity contribution in [1.29, 1.82) is 0 Å². The van der Waals surface area contributed by atoms with Gasteiger partial charge in [0, 0.05) is 6.54 Å². The number of hydrogen-bond acceptors (Lipinski definition) is 6.